The van der Waals surface area contributed by atoms with E-state index >= 15 is 0 Å². The van der Waals surface area contributed by atoms with E-state index in [1.54, 1.807) is 0 Å². The monoisotopic (exact) mass is 417 g/mol. The number of likely N-dealkylation sites (tertiary alicyclic amines) is 2. The van der Waals surface area contributed by atoms with Crippen LogP contribution in [-0.2, 0) is 6.54 Å². The van der Waals surface area contributed by atoms with E-state index < -0.39 is 0 Å². The van der Waals surface area contributed by atoms with Crippen LogP contribution in [0.15, 0.2) is 29.3 Å². The highest BCUT2D eigenvalue weighted by atomic mass is 35.5. The summed E-state index contributed by atoms with van der Waals surface area (Å²) in [7, 11) is 1.89. The van der Waals surface area contributed by atoms with Crippen molar-refractivity contribution in [2.24, 2.45) is 10.9 Å². The predicted octanol–water partition coefficient (Wildman–Crippen LogP) is 3.34. The minimum absolute atomic E-state index is 0.522. The first kappa shape index (κ1) is 21.0. The van der Waals surface area contributed by atoms with Gasteiger partial charge in [0.1, 0.15) is 0 Å². The molecule has 2 N–H and O–H groups in total. The molecule has 2 unspecified atom stereocenters. The van der Waals surface area contributed by atoms with Crippen molar-refractivity contribution in [2.75, 3.05) is 33.2 Å². The molecule has 5 nitrogen and oxygen atoms in total. The van der Waals surface area contributed by atoms with Crippen LogP contribution in [0.5, 0.6) is 0 Å². The fourth-order valence-corrected chi connectivity index (χ4v) is 5.12. The molecule has 160 valence electrons. The number of piperidine rings is 1. The zero-order valence-corrected chi connectivity index (χ0v) is 18.7. The molecule has 3 fully saturated rings. The zero-order chi connectivity index (χ0) is 20.2. The summed E-state index contributed by atoms with van der Waals surface area (Å²) in [5.74, 6) is 1.68. The van der Waals surface area contributed by atoms with E-state index in [1.165, 1.54) is 37.7 Å². The summed E-state index contributed by atoms with van der Waals surface area (Å²) in [6, 6.07) is 10.3. The van der Waals surface area contributed by atoms with Gasteiger partial charge < -0.3 is 10.6 Å². The molecular weight excluding hydrogens is 382 g/mol. The van der Waals surface area contributed by atoms with E-state index in [0.717, 1.165) is 49.7 Å². The molecule has 0 spiro atoms. The summed E-state index contributed by atoms with van der Waals surface area (Å²) < 4.78 is 0. The fourth-order valence-electron chi connectivity index (χ4n) is 4.92. The van der Waals surface area contributed by atoms with Crippen molar-refractivity contribution in [2.45, 2.75) is 63.7 Å². The average Bonchev–Trinajstić information content (AvgIpc) is 3.50. The van der Waals surface area contributed by atoms with E-state index in [-0.39, 0.29) is 0 Å². The number of rotatable bonds is 6. The van der Waals surface area contributed by atoms with E-state index in [1.807, 2.05) is 19.2 Å². The fraction of sp³-hybridized carbons (Fsp3) is 0.696. The Kier molecular flexibility index (Phi) is 6.99. The summed E-state index contributed by atoms with van der Waals surface area (Å²) in [6.07, 6.45) is 6.45. The molecule has 6 heteroatoms. The number of nitrogens with one attached hydrogen (secondary N) is 2. The lowest BCUT2D eigenvalue weighted by atomic mass is 9.96. The minimum atomic E-state index is 0.522. The van der Waals surface area contributed by atoms with Crippen molar-refractivity contribution in [3.63, 3.8) is 0 Å². The van der Waals surface area contributed by atoms with Gasteiger partial charge in [0.15, 0.2) is 5.96 Å². The highest BCUT2D eigenvalue weighted by Crippen LogP contribution is 2.33. The van der Waals surface area contributed by atoms with Crippen molar-refractivity contribution in [3.05, 3.63) is 34.9 Å². The maximum Gasteiger partial charge on any atom is 0.191 e. The summed E-state index contributed by atoms with van der Waals surface area (Å²) in [4.78, 5) is 9.68. The third kappa shape index (κ3) is 5.65. The van der Waals surface area contributed by atoms with Crippen molar-refractivity contribution < 1.29 is 0 Å². The van der Waals surface area contributed by atoms with Crippen LogP contribution in [0.3, 0.4) is 0 Å². The van der Waals surface area contributed by atoms with Crippen LogP contribution < -0.4 is 10.6 Å². The molecule has 1 aromatic rings. The maximum atomic E-state index is 6.32. The third-order valence-corrected chi connectivity index (χ3v) is 7.19. The van der Waals surface area contributed by atoms with E-state index in [0.29, 0.717) is 18.0 Å². The lowest BCUT2D eigenvalue weighted by Crippen LogP contribution is -2.47. The molecule has 1 aromatic carbocycles. The summed E-state index contributed by atoms with van der Waals surface area (Å²) >= 11 is 6.32. The Morgan fingerprint density at radius 1 is 1.17 bits per heavy atom. The average molecular weight is 418 g/mol. The number of hydrogen-bond donors (Lipinski definition) is 2. The smallest absolute Gasteiger partial charge is 0.191 e. The van der Waals surface area contributed by atoms with Gasteiger partial charge in [0, 0.05) is 49.8 Å². The number of guanidine groups is 1. The van der Waals surface area contributed by atoms with Gasteiger partial charge in [-0.25, -0.2) is 0 Å². The second-order valence-corrected chi connectivity index (χ2v) is 9.53. The highest BCUT2D eigenvalue weighted by Gasteiger charge is 2.38. The molecule has 0 radical (unpaired) electrons. The van der Waals surface area contributed by atoms with Crippen LogP contribution in [0.25, 0.3) is 0 Å². The predicted molar refractivity (Wildman–Crippen MR) is 122 cm³/mol. The zero-order valence-electron chi connectivity index (χ0n) is 17.9. The molecule has 4 rings (SSSR count). The molecule has 0 amide bonds. The van der Waals surface area contributed by atoms with E-state index in [2.05, 4.69) is 44.5 Å². The molecule has 1 saturated carbocycles. The standard InChI is InChI=1S/C23H36ClN5/c1-17-13-20(16-29(17)21-7-8-21)27-23(25-2)26-14-18-9-11-28(12-10-18)15-19-5-3-4-6-22(19)24/h3-6,17-18,20-21H,7-16H2,1-2H3,(H2,25,26,27). The summed E-state index contributed by atoms with van der Waals surface area (Å²) in [5, 5.41) is 8.15. The largest absolute Gasteiger partial charge is 0.356 e. The van der Waals surface area contributed by atoms with Crippen molar-refractivity contribution in [3.8, 4) is 0 Å². The SMILES string of the molecule is CN=C(NCC1CCN(Cc2ccccc2Cl)CC1)NC1CC(C)N(C2CC2)C1. The first-order valence-corrected chi connectivity index (χ1v) is 11.7. The number of aliphatic imine (C=N–C) groups is 1. The van der Waals surface area contributed by atoms with Gasteiger partial charge in [0.05, 0.1) is 0 Å². The Labute approximate surface area is 180 Å². The van der Waals surface area contributed by atoms with Crippen molar-refractivity contribution in [1.29, 1.82) is 0 Å². The minimum Gasteiger partial charge on any atom is -0.356 e. The second-order valence-electron chi connectivity index (χ2n) is 9.12. The molecule has 0 bridgehead atoms. The Morgan fingerprint density at radius 3 is 2.62 bits per heavy atom. The Hall–Kier alpha value is -1.30. The summed E-state index contributed by atoms with van der Waals surface area (Å²) in [6.45, 7) is 7.77. The number of hydrogen-bond acceptors (Lipinski definition) is 3. The number of nitrogens with zero attached hydrogens (tertiary/aromatic N) is 3. The lowest BCUT2D eigenvalue weighted by Gasteiger charge is -2.32. The van der Waals surface area contributed by atoms with Crippen LogP contribution in [0.1, 0.15) is 44.6 Å². The van der Waals surface area contributed by atoms with Gasteiger partial charge in [0.2, 0.25) is 0 Å². The molecule has 29 heavy (non-hydrogen) atoms. The van der Waals surface area contributed by atoms with Gasteiger partial charge in [-0.2, -0.15) is 0 Å². The lowest BCUT2D eigenvalue weighted by molar-refractivity contribution is 0.178. The van der Waals surface area contributed by atoms with E-state index in [9.17, 15) is 0 Å². The molecule has 3 aliphatic rings. The second kappa shape index (κ2) is 9.67. The first-order valence-electron chi connectivity index (χ1n) is 11.3. The quantitative estimate of drug-likeness (QED) is 0.550. The number of halogens is 1. The number of benzene rings is 1. The Bertz CT molecular complexity index is 696. The maximum absolute atomic E-state index is 6.32. The summed E-state index contributed by atoms with van der Waals surface area (Å²) in [5.41, 5.74) is 1.24. The van der Waals surface area contributed by atoms with E-state index in [4.69, 9.17) is 11.6 Å². The molecule has 1 aliphatic carbocycles. The first-order chi connectivity index (χ1) is 14.1. The third-order valence-electron chi connectivity index (χ3n) is 6.82. The van der Waals surface area contributed by atoms with Crippen LogP contribution >= 0.6 is 11.6 Å². The van der Waals surface area contributed by atoms with Crippen LogP contribution in [0.2, 0.25) is 5.02 Å². The van der Waals surface area contributed by atoms with Gasteiger partial charge in [0.25, 0.3) is 0 Å². The molecule has 2 saturated heterocycles. The van der Waals surface area contributed by atoms with Crippen LogP contribution in [-0.4, -0.2) is 67.1 Å². The van der Waals surface area contributed by atoms with Gasteiger partial charge in [-0.1, -0.05) is 29.8 Å². The molecule has 2 aliphatic heterocycles. The van der Waals surface area contributed by atoms with Gasteiger partial charge >= 0.3 is 0 Å². The Morgan fingerprint density at radius 2 is 1.93 bits per heavy atom. The van der Waals surface area contributed by atoms with Crippen LogP contribution in [0, 0.1) is 5.92 Å². The van der Waals surface area contributed by atoms with Gasteiger partial charge in [-0.15, -0.1) is 0 Å². The normalized spacial score (nSPS) is 27.3. The van der Waals surface area contributed by atoms with Gasteiger partial charge in [-0.05, 0) is 69.7 Å². The van der Waals surface area contributed by atoms with Crippen molar-refractivity contribution >= 4 is 17.6 Å². The molecule has 0 aromatic heterocycles. The molecular formula is C23H36ClN5. The topological polar surface area (TPSA) is 42.9 Å². The highest BCUT2D eigenvalue weighted by molar-refractivity contribution is 6.31. The van der Waals surface area contributed by atoms with Gasteiger partial charge in [-0.3, -0.25) is 14.8 Å². The molecule has 2 heterocycles. The van der Waals surface area contributed by atoms with Crippen LogP contribution in [0.4, 0.5) is 0 Å². The van der Waals surface area contributed by atoms with Crippen molar-refractivity contribution in [1.82, 2.24) is 20.4 Å². The molecule has 2 atom stereocenters. The Balaban J connectivity index is 1.17.